The van der Waals surface area contributed by atoms with Crippen molar-refractivity contribution in [2.45, 2.75) is 0 Å². The fourth-order valence-corrected chi connectivity index (χ4v) is 1.82. The lowest BCUT2D eigenvalue weighted by Crippen LogP contribution is -1.97. The highest BCUT2D eigenvalue weighted by atomic mass is 16.5. The van der Waals surface area contributed by atoms with Crippen LogP contribution in [0, 0.1) is 0 Å². The van der Waals surface area contributed by atoms with Crippen molar-refractivity contribution in [3.05, 3.63) is 48.8 Å². The van der Waals surface area contributed by atoms with Crippen molar-refractivity contribution < 1.29 is 4.74 Å². The van der Waals surface area contributed by atoms with Crippen molar-refractivity contribution in [2.24, 2.45) is 0 Å². The molecule has 3 aromatic rings. The summed E-state index contributed by atoms with van der Waals surface area (Å²) in [5, 5.41) is 5.49. The average Bonchev–Trinajstić information content (AvgIpc) is 2.82. The van der Waals surface area contributed by atoms with E-state index < -0.39 is 0 Å². The van der Waals surface area contributed by atoms with Crippen molar-refractivity contribution in [2.75, 3.05) is 7.11 Å². The first-order valence-electron chi connectivity index (χ1n) is 5.31. The van der Waals surface area contributed by atoms with Gasteiger partial charge in [-0.25, -0.2) is 9.67 Å². The van der Waals surface area contributed by atoms with E-state index >= 15 is 0 Å². The number of ether oxygens (including phenoxy) is 1. The molecule has 17 heavy (non-hydrogen) atoms. The highest BCUT2D eigenvalue weighted by molar-refractivity contribution is 5.80. The highest BCUT2D eigenvalue weighted by Gasteiger charge is 2.05. The lowest BCUT2D eigenvalue weighted by Gasteiger charge is -2.04. The number of benzene rings is 1. The van der Waals surface area contributed by atoms with Crippen molar-refractivity contribution in [1.29, 1.82) is 0 Å². The third-order valence-corrected chi connectivity index (χ3v) is 2.65. The van der Waals surface area contributed by atoms with E-state index in [-0.39, 0.29) is 0 Å². The van der Waals surface area contributed by atoms with Crippen LogP contribution in [0.5, 0.6) is 5.88 Å². The molecule has 0 radical (unpaired) electrons. The standard InChI is InChI=1S/C13H11N3O/c1-17-13-8-11(6-7-14-13)16-12-5-3-2-4-10(12)9-15-16/h2-9H,1H3. The fourth-order valence-electron chi connectivity index (χ4n) is 1.82. The molecule has 1 aromatic carbocycles. The first kappa shape index (κ1) is 9.84. The number of nitrogens with zero attached hydrogens (tertiary/aromatic N) is 3. The van der Waals surface area contributed by atoms with Gasteiger partial charge in [0.25, 0.3) is 0 Å². The van der Waals surface area contributed by atoms with Gasteiger partial charge in [0.1, 0.15) is 0 Å². The van der Waals surface area contributed by atoms with Crippen molar-refractivity contribution in [3.63, 3.8) is 0 Å². The molecular weight excluding hydrogens is 214 g/mol. The number of rotatable bonds is 2. The average molecular weight is 225 g/mol. The first-order valence-corrected chi connectivity index (χ1v) is 5.31. The molecule has 0 unspecified atom stereocenters. The molecular formula is C13H11N3O. The van der Waals surface area contributed by atoms with Gasteiger partial charge >= 0.3 is 0 Å². The molecule has 2 heterocycles. The molecule has 0 aliphatic carbocycles. The number of hydrogen-bond donors (Lipinski definition) is 0. The number of methoxy groups -OCH3 is 1. The summed E-state index contributed by atoms with van der Waals surface area (Å²) in [5.41, 5.74) is 2.01. The molecule has 84 valence electrons. The second-order valence-electron chi connectivity index (χ2n) is 3.67. The van der Waals surface area contributed by atoms with E-state index in [4.69, 9.17) is 4.74 Å². The van der Waals surface area contributed by atoms with Crippen LogP contribution in [0.3, 0.4) is 0 Å². The highest BCUT2D eigenvalue weighted by Crippen LogP contribution is 2.19. The van der Waals surface area contributed by atoms with Gasteiger partial charge in [-0.1, -0.05) is 18.2 Å². The van der Waals surface area contributed by atoms with Gasteiger partial charge in [-0.3, -0.25) is 0 Å². The van der Waals surface area contributed by atoms with E-state index in [2.05, 4.69) is 10.1 Å². The van der Waals surface area contributed by atoms with E-state index in [1.807, 2.05) is 47.3 Å². The Kier molecular flexibility index (Phi) is 2.26. The van der Waals surface area contributed by atoms with E-state index in [0.29, 0.717) is 5.88 Å². The summed E-state index contributed by atoms with van der Waals surface area (Å²) in [7, 11) is 1.60. The Bertz CT molecular complexity index is 660. The predicted molar refractivity (Wildman–Crippen MR) is 65.4 cm³/mol. The molecule has 0 fully saturated rings. The Morgan fingerprint density at radius 1 is 1.18 bits per heavy atom. The normalized spacial score (nSPS) is 10.6. The third-order valence-electron chi connectivity index (χ3n) is 2.65. The Balaban J connectivity index is 2.20. The topological polar surface area (TPSA) is 39.9 Å². The molecule has 0 saturated heterocycles. The molecule has 0 amide bonds. The largest absolute Gasteiger partial charge is 0.481 e. The van der Waals surface area contributed by atoms with Gasteiger partial charge in [-0.15, -0.1) is 0 Å². The Labute approximate surface area is 98.5 Å². The molecule has 4 nitrogen and oxygen atoms in total. The van der Waals surface area contributed by atoms with Crippen LogP contribution in [0.2, 0.25) is 0 Å². The van der Waals surface area contributed by atoms with Crippen LogP contribution in [0.15, 0.2) is 48.8 Å². The maximum absolute atomic E-state index is 5.11. The zero-order chi connectivity index (χ0) is 11.7. The van der Waals surface area contributed by atoms with Crippen LogP contribution in [-0.2, 0) is 0 Å². The van der Waals surface area contributed by atoms with E-state index in [9.17, 15) is 0 Å². The predicted octanol–water partition coefficient (Wildman–Crippen LogP) is 2.43. The van der Waals surface area contributed by atoms with E-state index in [1.165, 1.54) is 0 Å². The molecule has 0 saturated carbocycles. The SMILES string of the molecule is COc1cc(-n2ncc3ccccc32)ccn1. The maximum atomic E-state index is 5.11. The molecule has 0 atom stereocenters. The summed E-state index contributed by atoms with van der Waals surface area (Å²) in [6.07, 6.45) is 3.56. The number of fused-ring (bicyclic) bond motifs is 1. The summed E-state index contributed by atoms with van der Waals surface area (Å²) < 4.78 is 6.99. The number of pyridine rings is 1. The minimum absolute atomic E-state index is 0.585. The Morgan fingerprint density at radius 3 is 2.94 bits per heavy atom. The molecule has 0 aliphatic rings. The smallest absolute Gasteiger partial charge is 0.215 e. The number of para-hydroxylation sites is 1. The number of aromatic nitrogens is 3. The number of hydrogen-bond acceptors (Lipinski definition) is 3. The molecule has 4 heteroatoms. The second-order valence-corrected chi connectivity index (χ2v) is 3.67. The Morgan fingerprint density at radius 2 is 2.06 bits per heavy atom. The van der Waals surface area contributed by atoms with Crippen LogP contribution in [-0.4, -0.2) is 21.9 Å². The molecule has 0 aliphatic heterocycles. The summed E-state index contributed by atoms with van der Waals surface area (Å²) in [6.45, 7) is 0. The van der Waals surface area contributed by atoms with Crippen molar-refractivity contribution in [1.82, 2.24) is 14.8 Å². The van der Waals surface area contributed by atoms with Gasteiger partial charge < -0.3 is 4.74 Å². The van der Waals surface area contributed by atoms with Crippen LogP contribution < -0.4 is 4.74 Å². The molecule has 3 rings (SSSR count). The van der Waals surface area contributed by atoms with Gasteiger partial charge in [-0.05, 0) is 12.1 Å². The lowest BCUT2D eigenvalue weighted by atomic mass is 10.2. The van der Waals surface area contributed by atoms with Crippen LogP contribution in [0.4, 0.5) is 0 Å². The van der Waals surface area contributed by atoms with Gasteiger partial charge in [0.2, 0.25) is 5.88 Å². The summed E-state index contributed by atoms with van der Waals surface area (Å²) >= 11 is 0. The fraction of sp³-hybridized carbons (Fsp3) is 0.0769. The van der Waals surface area contributed by atoms with Crippen molar-refractivity contribution in [3.8, 4) is 11.6 Å². The summed E-state index contributed by atoms with van der Waals surface area (Å²) in [4.78, 5) is 4.08. The van der Waals surface area contributed by atoms with Gasteiger partial charge in [0, 0.05) is 17.6 Å². The van der Waals surface area contributed by atoms with Gasteiger partial charge in [0.15, 0.2) is 0 Å². The van der Waals surface area contributed by atoms with Gasteiger partial charge in [0.05, 0.1) is 24.5 Å². The molecule has 0 bridgehead atoms. The molecule has 0 N–H and O–H groups in total. The minimum Gasteiger partial charge on any atom is -0.481 e. The van der Waals surface area contributed by atoms with Crippen LogP contribution in [0.1, 0.15) is 0 Å². The maximum Gasteiger partial charge on any atom is 0.215 e. The van der Waals surface area contributed by atoms with Crippen molar-refractivity contribution >= 4 is 10.9 Å². The molecule has 0 spiro atoms. The summed E-state index contributed by atoms with van der Waals surface area (Å²) in [6, 6.07) is 11.8. The zero-order valence-electron chi connectivity index (χ0n) is 9.37. The van der Waals surface area contributed by atoms with Crippen LogP contribution in [0.25, 0.3) is 16.6 Å². The lowest BCUT2D eigenvalue weighted by molar-refractivity contribution is 0.397. The van der Waals surface area contributed by atoms with Gasteiger partial charge in [-0.2, -0.15) is 5.10 Å². The van der Waals surface area contributed by atoms with E-state index in [1.54, 1.807) is 13.3 Å². The third kappa shape index (κ3) is 1.63. The van der Waals surface area contributed by atoms with E-state index in [0.717, 1.165) is 16.6 Å². The summed E-state index contributed by atoms with van der Waals surface area (Å²) in [5.74, 6) is 0.585. The van der Waals surface area contributed by atoms with Crippen LogP contribution >= 0.6 is 0 Å². The monoisotopic (exact) mass is 225 g/mol. The molecule has 2 aromatic heterocycles. The second kappa shape index (κ2) is 3.90. The quantitative estimate of drug-likeness (QED) is 0.672. The zero-order valence-corrected chi connectivity index (χ0v) is 9.37. The minimum atomic E-state index is 0.585. The Hall–Kier alpha value is -2.36. The first-order chi connectivity index (χ1) is 8.38.